The summed E-state index contributed by atoms with van der Waals surface area (Å²) in [7, 11) is 2.79. The van der Waals surface area contributed by atoms with E-state index in [-0.39, 0.29) is 54.2 Å². The number of Topliss-reactive ketones (excluding diaryl/α,β-unsaturated/α-hetero) is 1. The quantitative estimate of drug-likeness (QED) is 0.137. The van der Waals surface area contributed by atoms with Gasteiger partial charge in [-0.05, 0) is 38.2 Å². The summed E-state index contributed by atoms with van der Waals surface area (Å²) >= 11 is 0. The number of esters is 2. The van der Waals surface area contributed by atoms with Gasteiger partial charge < -0.3 is 49.4 Å². The molecule has 3 rings (SSSR count). The molecule has 1 aliphatic carbocycles. The molecule has 0 saturated carbocycles. The Morgan fingerprint density at radius 1 is 1.03 bits per heavy atom. The third-order valence-corrected chi connectivity index (χ3v) is 11.5. The Hall–Kier alpha value is -4.08. The zero-order chi connectivity index (χ0) is 43.6. The van der Waals surface area contributed by atoms with E-state index < -0.39 is 83.8 Å². The summed E-state index contributed by atoms with van der Waals surface area (Å²) < 4.78 is 29.5. The molecular formula is C44H65NO13. The first kappa shape index (κ1) is 48.3. The molecule has 12 atom stereocenters. The fourth-order valence-corrected chi connectivity index (χ4v) is 7.95. The van der Waals surface area contributed by atoms with Gasteiger partial charge in [-0.1, -0.05) is 83.9 Å². The highest BCUT2D eigenvalue weighted by molar-refractivity contribution is 6.04. The molecule has 0 spiro atoms. The second kappa shape index (κ2) is 21.3. The molecule has 2 heterocycles. The predicted molar refractivity (Wildman–Crippen MR) is 215 cm³/mol. The van der Waals surface area contributed by atoms with E-state index in [1.807, 2.05) is 53.7 Å². The standard InChI is InChI=1S/C44H65NO13/c1-23(2)41-28(7)35(56-37(49)18-17-36(48)45-38-31(46)15-16-32(38)47)22-44(53,58-41)30(9)40(51)29(8)42-33(54-10)14-12-13-24(3)19-26(5)39(50)27(6)20-25(4)21-34(55-11)43(52)57-42/h12-14,17-18,20-21,23,26-30,33,35,39-42,46,50-51,53H,15-16,19,22H2,1-11H3,(H,45,48)/b14-12-,18-17+,24-13+,25-20+,34-21+. The number of methoxy groups -OCH3 is 2. The van der Waals surface area contributed by atoms with Crippen molar-refractivity contribution in [1.29, 1.82) is 0 Å². The van der Waals surface area contributed by atoms with E-state index in [0.717, 1.165) is 17.7 Å². The minimum Gasteiger partial charge on any atom is -0.510 e. The summed E-state index contributed by atoms with van der Waals surface area (Å²) in [6.45, 7) is 16.5. The number of nitrogens with one attached hydrogen (secondary N) is 1. The SMILES string of the molecule is CO/C1=C/C(C)=C/C(C)C(O)C(C)C/C(C)=C/C=C\C(OC)C(C(C)C(O)C(C)C2(O)CC(OC(=O)/C=C/C(=O)NC3=C(O)CCC3=O)C(C)C(C(C)C)O2)OC1=O. The van der Waals surface area contributed by atoms with Gasteiger partial charge >= 0.3 is 11.9 Å². The van der Waals surface area contributed by atoms with E-state index >= 15 is 0 Å². The smallest absolute Gasteiger partial charge is 0.373 e. The zero-order valence-electron chi connectivity index (χ0n) is 35.8. The third kappa shape index (κ3) is 12.5. The van der Waals surface area contributed by atoms with Gasteiger partial charge in [0, 0.05) is 62.2 Å². The molecule has 0 bridgehead atoms. The number of ketones is 1. The fourth-order valence-electron chi connectivity index (χ4n) is 7.95. The highest BCUT2D eigenvalue weighted by Crippen LogP contribution is 2.42. The molecule has 12 unspecified atom stereocenters. The van der Waals surface area contributed by atoms with Crippen LogP contribution in [0.1, 0.15) is 88.0 Å². The molecule has 1 fully saturated rings. The maximum atomic E-state index is 13.7. The number of aliphatic hydroxyl groups is 4. The van der Waals surface area contributed by atoms with Crippen molar-refractivity contribution in [3.8, 4) is 0 Å². The van der Waals surface area contributed by atoms with Crippen LogP contribution in [0.4, 0.5) is 0 Å². The Kier molecular flexibility index (Phi) is 17.7. The molecule has 5 N–H and O–H groups in total. The lowest BCUT2D eigenvalue weighted by Gasteiger charge is -2.50. The number of rotatable bonds is 11. The van der Waals surface area contributed by atoms with Crippen molar-refractivity contribution in [3.05, 3.63) is 70.9 Å². The van der Waals surface area contributed by atoms with Crippen molar-refractivity contribution in [2.24, 2.45) is 35.5 Å². The molecule has 14 nitrogen and oxygen atoms in total. The van der Waals surface area contributed by atoms with Gasteiger partial charge in [0.2, 0.25) is 11.7 Å². The molecule has 3 aliphatic rings. The number of aliphatic hydroxyl groups excluding tert-OH is 3. The summed E-state index contributed by atoms with van der Waals surface area (Å²) in [5.74, 6) is -8.07. The van der Waals surface area contributed by atoms with Crippen LogP contribution in [0.25, 0.3) is 0 Å². The van der Waals surface area contributed by atoms with Gasteiger partial charge in [0.25, 0.3) is 0 Å². The van der Waals surface area contributed by atoms with Crippen LogP contribution < -0.4 is 5.32 Å². The van der Waals surface area contributed by atoms with Crippen LogP contribution in [0.3, 0.4) is 0 Å². The second-order valence-electron chi connectivity index (χ2n) is 16.5. The van der Waals surface area contributed by atoms with E-state index in [1.165, 1.54) is 20.3 Å². The fraction of sp³-hybridized carbons (Fsp3) is 0.636. The van der Waals surface area contributed by atoms with Crippen LogP contribution in [-0.2, 0) is 42.9 Å². The highest BCUT2D eigenvalue weighted by atomic mass is 16.6. The molecular weight excluding hydrogens is 750 g/mol. The largest absolute Gasteiger partial charge is 0.510 e. The Balaban J connectivity index is 1.92. The van der Waals surface area contributed by atoms with Crippen molar-refractivity contribution in [1.82, 2.24) is 5.32 Å². The Bertz CT molecular complexity index is 1670. The average Bonchev–Trinajstić information content (AvgIpc) is 3.48. The van der Waals surface area contributed by atoms with Gasteiger partial charge in [0.1, 0.15) is 29.8 Å². The van der Waals surface area contributed by atoms with Gasteiger partial charge in [0.05, 0.1) is 25.4 Å². The van der Waals surface area contributed by atoms with Gasteiger partial charge in [0.15, 0.2) is 11.6 Å². The molecule has 58 heavy (non-hydrogen) atoms. The van der Waals surface area contributed by atoms with E-state index in [0.29, 0.717) is 12.0 Å². The first-order valence-corrected chi connectivity index (χ1v) is 20.1. The van der Waals surface area contributed by atoms with Crippen molar-refractivity contribution in [2.45, 2.75) is 130 Å². The maximum absolute atomic E-state index is 13.7. The van der Waals surface area contributed by atoms with Crippen LogP contribution in [0, 0.1) is 35.5 Å². The average molecular weight is 816 g/mol. The van der Waals surface area contributed by atoms with Gasteiger partial charge in [-0.2, -0.15) is 0 Å². The number of amides is 1. The Morgan fingerprint density at radius 3 is 2.29 bits per heavy atom. The monoisotopic (exact) mass is 815 g/mol. The lowest BCUT2D eigenvalue weighted by Crippen LogP contribution is -2.59. The number of cyclic esters (lactones) is 1. The normalized spacial score (nSPS) is 35.5. The molecule has 14 heteroatoms. The number of hydrogen-bond donors (Lipinski definition) is 5. The number of carbonyl (C=O) groups is 4. The summed E-state index contributed by atoms with van der Waals surface area (Å²) in [5.41, 5.74) is 1.48. The summed E-state index contributed by atoms with van der Waals surface area (Å²) in [5, 5.41) is 47.4. The predicted octanol–water partition coefficient (Wildman–Crippen LogP) is 5.05. The molecule has 0 aromatic heterocycles. The Morgan fingerprint density at radius 2 is 1.71 bits per heavy atom. The van der Waals surface area contributed by atoms with Gasteiger partial charge in [-0.3, -0.25) is 9.59 Å². The van der Waals surface area contributed by atoms with Crippen molar-refractivity contribution >= 4 is 23.6 Å². The van der Waals surface area contributed by atoms with Crippen molar-refractivity contribution in [2.75, 3.05) is 14.2 Å². The minimum atomic E-state index is -2.04. The highest BCUT2D eigenvalue weighted by Gasteiger charge is 2.53. The maximum Gasteiger partial charge on any atom is 0.373 e. The van der Waals surface area contributed by atoms with E-state index in [9.17, 15) is 39.6 Å². The van der Waals surface area contributed by atoms with Gasteiger partial charge in [-0.25, -0.2) is 9.59 Å². The molecule has 1 saturated heterocycles. The molecule has 1 amide bonds. The first-order chi connectivity index (χ1) is 27.1. The lowest BCUT2D eigenvalue weighted by atomic mass is 9.76. The molecule has 0 aromatic rings. The number of carbonyl (C=O) groups excluding carboxylic acids is 4. The topological polar surface area (TPSA) is 207 Å². The lowest BCUT2D eigenvalue weighted by molar-refractivity contribution is -0.329. The Labute approximate surface area is 342 Å². The van der Waals surface area contributed by atoms with E-state index in [4.69, 9.17) is 23.7 Å². The first-order valence-electron chi connectivity index (χ1n) is 20.1. The molecule has 0 aromatic carbocycles. The summed E-state index contributed by atoms with van der Waals surface area (Å²) in [6, 6.07) is 0. The number of allylic oxidation sites excluding steroid dienone is 7. The van der Waals surface area contributed by atoms with Crippen LogP contribution in [0.5, 0.6) is 0 Å². The zero-order valence-corrected chi connectivity index (χ0v) is 35.8. The minimum absolute atomic E-state index is 0.0594. The van der Waals surface area contributed by atoms with Crippen LogP contribution in [0.15, 0.2) is 70.9 Å². The number of ether oxygens (including phenoxy) is 5. The van der Waals surface area contributed by atoms with Crippen LogP contribution >= 0.6 is 0 Å². The molecule has 2 aliphatic heterocycles. The van der Waals surface area contributed by atoms with Crippen molar-refractivity contribution < 1.29 is 63.3 Å². The molecule has 324 valence electrons. The number of hydrogen-bond acceptors (Lipinski definition) is 13. The van der Waals surface area contributed by atoms with Crippen LogP contribution in [0.2, 0.25) is 0 Å². The van der Waals surface area contributed by atoms with Crippen LogP contribution in [-0.4, -0.2) is 101 Å². The van der Waals surface area contributed by atoms with E-state index in [2.05, 4.69) is 5.32 Å². The van der Waals surface area contributed by atoms with Crippen molar-refractivity contribution in [3.63, 3.8) is 0 Å². The molecule has 0 radical (unpaired) electrons. The second-order valence-corrected chi connectivity index (χ2v) is 16.5. The summed E-state index contributed by atoms with van der Waals surface area (Å²) in [6.07, 6.45) is 5.61. The van der Waals surface area contributed by atoms with Gasteiger partial charge in [-0.15, -0.1) is 0 Å². The van der Waals surface area contributed by atoms with E-state index in [1.54, 1.807) is 32.9 Å². The third-order valence-electron chi connectivity index (χ3n) is 11.5. The summed E-state index contributed by atoms with van der Waals surface area (Å²) in [4.78, 5) is 51.1.